The number of anilines is 1. The normalized spacial score (nSPS) is 12.8. The van der Waals surface area contributed by atoms with E-state index in [1.165, 1.54) is 0 Å². The summed E-state index contributed by atoms with van der Waals surface area (Å²) in [7, 11) is -1.62. The van der Waals surface area contributed by atoms with Crippen LogP contribution >= 0.6 is 8.53 Å². The molecule has 0 fully saturated rings. The van der Waals surface area contributed by atoms with E-state index in [-0.39, 0.29) is 6.01 Å². The van der Waals surface area contributed by atoms with E-state index in [9.17, 15) is 4.79 Å². The van der Waals surface area contributed by atoms with E-state index >= 15 is 0 Å². The summed E-state index contributed by atoms with van der Waals surface area (Å²) in [6, 6.07) is 8.92. The van der Waals surface area contributed by atoms with Crippen LogP contribution in [-0.2, 0) is 0 Å². The molecule has 24 heavy (non-hydrogen) atoms. The van der Waals surface area contributed by atoms with Crippen molar-refractivity contribution in [3.63, 3.8) is 0 Å². The number of amides is 1. The zero-order valence-electron chi connectivity index (χ0n) is 13.3. The number of ether oxygens (including phenoxy) is 1. The first-order valence-corrected chi connectivity index (χ1v) is 8.69. The van der Waals surface area contributed by atoms with Crippen LogP contribution in [0, 0.1) is 0 Å². The Morgan fingerprint density at radius 3 is 2.50 bits per heavy atom. The van der Waals surface area contributed by atoms with Gasteiger partial charge in [0, 0.05) is 19.3 Å². The van der Waals surface area contributed by atoms with E-state index in [1.54, 1.807) is 24.4 Å². The number of hydrogen-bond acceptors (Lipinski definition) is 7. The highest BCUT2D eigenvalue weighted by Crippen LogP contribution is 2.49. The summed E-state index contributed by atoms with van der Waals surface area (Å²) in [5.74, 6) is 1.87. The third-order valence-electron chi connectivity index (χ3n) is 3.28. The van der Waals surface area contributed by atoms with Crippen LogP contribution in [0.3, 0.4) is 0 Å². The largest absolute Gasteiger partial charge is 0.423 e. The minimum atomic E-state index is -1.62. The van der Waals surface area contributed by atoms with E-state index in [1.807, 2.05) is 30.9 Å². The van der Waals surface area contributed by atoms with Gasteiger partial charge in [-0.1, -0.05) is 12.1 Å². The Balaban J connectivity index is 1.59. The summed E-state index contributed by atoms with van der Waals surface area (Å²) in [4.78, 5) is 22.2. The van der Waals surface area contributed by atoms with Crippen molar-refractivity contribution >= 4 is 20.4 Å². The number of fused-ring (bicyclic) bond motifs is 1. The van der Waals surface area contributed by atoms with Crippen LogP contribution in [0.25, 0.3) is 0 Å². The predicted molar refractivity (Wildman–Crippen MR) is 89.4 cm³/mol. The van der Waals surface area contributed by atoms with Crippen molar-refractivity contribution in [1.82, 2.24) is 15.1 Å². The van der Waals surface area contributed by atoms with Gasteiger partial charge in [0.25, 0.3) is 0 Å². The SMILES string of the molecule is CCN(CC)c1ccnc(OC(=O)NP2Oc3ccccc3O2)n1. The Labute approximate surface area is 140 Å². The summed E-state index contributed by atoms with van der Waals surface area (Å²) >= 11 is 0. The zero-order chi connectivity index (χ0) is 16.9. The molecule has 1 aromatic heterocycles. The van der Waals surface area contributed by atoms with Crippen molar-refractivity contribution < 1.29 is 18.6 Å². The summed E-state index contributed by atoms with van der Waals surface area (Å²) in [5, 5.41) is 2.52. The first-order chi connectivity index (χ1) is 11.7. The molecule has 1 aliphatic rings. The highest BCUT2D eigenvalue weighted by Gasteiger charge is 2.29. The maximum absolute atomic E-state index is 12.0. The fourth-order valence-electron chi connectivity index (χ4n) is 2.13. The number of para-hydroxylation sites is 2. The summed E-state index contributed by atoms with van der Waals surface area (Å²) in [6.07, 6.45) is 0.818. The van der Waals surface area contributed by atoms with E-state index < -0.39 is 14.6 Å². The quantitative estimate of drug-likeness (QED) is 0.831. The fraction of sp³-hybridized carbons (Fsp3) is 0.267. The number of carbonyl (C=O) groups excluding carboxylic acids is 1. The van der Waals surface area contributed by atoms with Crippen molar-refractivity contribution in [2.75, 3.05) is 18.0 Å². The molecule has 1 aromatic carbocycles. The Morgan fingerprint density at radius 1 is 1.21 bits per heavy atom. The number of benzene rings is 1. The molecule has 1 amide bonds. The van der Waals surface area contributed by atoms with Gasteiger partial charge in [0.15, 0.2) is 11.5 Å². The molecule has 8 nitrogen and oxygen atoms in total. The van der Waals surface area contributed by atoms with Crippen LogP contribution < -0.4 is 23.8 Å². The van der Waals surface area contributed by atoms with E-state index in [4.69, 9.17) is 13.8 Å². The molecule has 126 valence electrons. The molecule has 9 heteroatoms. The van der Waals surface area contributed by atoms with Crippen LogP contribution in [0.5, 0.6) is 17.5 Å². The van der Waals surface area contributed by atoms with Gasteiger partial charge >= 0.3 is 20.6 Å². The van der Waals surface area contributed by atoms with Gasteiger partial charge in [-0.15, -0.1) is 0 Å². The van der Waals surface area contributed by atoms with Gasteiger partial charge in [0.1, 0.15) is 5.82 Å². The Hall–Kier alpha value is -2.60. The first-order valence-electron chi connectivity index (χ1n) is 7.51. The summed E-state index contributed by atoms with van der Waals surface area (Å²) < 4.78 is 16.1. The lowest BCUT2D eigenvalue weighted by atomic mass is 10.3. The summed E-state index contributed by atoms with van der Waals surface area (Å²) in [5.41, 5.74) is 0. The Morgan fingerprint density at radius 2 is 1.88 bits per heavy atom. The van der Waals surface area contributed by atoms with Gasteiger partial charge < -0.3 is 18.7 Å². The lowest BCUT2D eigenvalue weighted by molar-refractivity contribution is 0.202. The second-order valence-electron chi connectivity index (χ2n) is 4.76. The summed E-state index contributed by atoms with van der Waals surface area (Å²) in [6.45, 7) is 5.64. The number of aromatic nitrogens is 2. The van der Waals surface area contributed by atoms with E-state index in [0.717, 1.165) is 13.1 Å². The van der Waals surface area contributed by atoms with Crippen LogP contribution in [0.4, 0.5) is 10.6 Å². The van der Waals surface area contributed by atoms with Crippen LogP contribution in [0.15, 0.2) is 36.5 Å². The van der Waals surface area contributed by atoms with E-state index in [0.29, 0.717) is 17.3 Å². The Kier molecular flexibility index (Phi) is 4.96. The lowest BCUT2D eigenvalue weighted by Gasteiger charge is -2.19. The Bertz CT molecular complexity index is 701. The topological polar surface area (TPSA) is 85.8 Å². The molecule has 1 aliphatic heterocycles. The predicted octanol–water partition coefficient (Wildman–Crippen LogP) is 3.11. The smallest absolute Gasteiger partial charge is 0.419 e. The molecule has 1 N–H and O–H groups in total. The molecule has 3 rings (SSSR count). The molecule has 0 saturated heterocycles. The lowest BCUT2D eigenvalue weighted by Crippen LogP contribution is -2.26. The minimum Gasteiger partial charge on any atom is -0.419 e. The maximum Gasteiger partial charge on any atom is 0.423 e. The number of rotatable bonds is 5. The van der Waals surface area contributed by atoms with E-state index in [2.05, 4.69) is 15.1 Å². The van der Waals surface area contributed by atoms with Crippen LogP contribution in [0.2, 0.25) is 0 Å². The maximum atomic E-state index is 12.0. The van der Waals surface area contributed by atoms with Crippen molar-refractivity contribution in [3.8, 4) is 17.5 Å². The van der Waals surface area contributed by atoms with Gasteiger partial charge in [0.2, 0.25) is 0 Å². The van der Waals surface area contributed by atoms with Gasteiger partial charge in [-0.25, -0.2) is 14.9 Å². The first kappa shape index (κ1) is 16.3. The average molecular weight is 348 g/mol. The third-order valence-corrected chi connectivity index (χ3v) is 4.37. The standard InChI is InChI=1S/C15H17N4O4P/c1-3-19(4-2)13-9-10-16-14(17-13)21-15(20)18-24-22-11-7-5-6-8-12(11)23-24/h5-10H,3-4H2,1-2H3,(H,18,20). The van der Waals surface area contributed by atoms with Crippen LogP contribution in [-0.4, -0.2) is 29.2 Å². The zero-order valence-corrected chi connectivity index (χ0v) is 14.2. The molecular weight excluding hydrogens is 331 g/mol. The monoisotopic (exact) mass is 348 g/mol. The molecule has 0 aliphatic carbocycles. The minimum absolute atomic E-state index is 0.0244. The molecule has 0 atom stereocenters. The van der Waals surface area contributed by atoms with Crippen molar-refractivity contribution in [2.45, 2.75) is 13.8 Å². The van der Waals surface area contributed by atoms with Gasteiger partial charge in [-0.3, -0.25) is 0 Å². The van der Waals surface area contributed by atoms with Crippen molar-refractivity contribution in [3.05, 3.63) is 36.5 Å². The molecule has 0 spiro atoms. The van der Waals surface area contributed by atoms with Gasteiger partial charge in [-0.05, 0) is 32.0 Å². The van der Waals surface area contributed by atoms with Crippen molar-refractivity contribution in [1.29, 1.82) is 0 Å². The van der Waals surface area contributed by atoms with Crippen molar-refractivity contribution in [2.24, 2.45) is 0 Å². The second kappa shape index (κ2) is 7.31. The molecule has 2 aromatic rings. The second-order valence-corrected chi connectivity index (χ2v) is 5.86. The molecule has 0 unspecified atom stereocenters. The van der Waals surface area contributed by atoms with Crippen LogP contribution in [0.1, 0.15) is 13.8 Å². The third kappa shape index (κ3) is 3.65. The number of nitrogens with one attached hydrogen (secondary N) is 1. The number of carbonyl (C=O) groups is 1. The molecule has 2 heterocycles. The van der Waals surface area contributed by atoms with Gasteiger partial charge in [0.05, 0.1) is 0 Å². The molecule has 0 saturated carbocycles. The number of hydrogen-bond donors (Lipinski definition) is 1. The average Bonchev–Trinajstić information content (AvgIpc) is 2.98. The highest BCUT2D eigenvalue weighted by molar-refractivity contribution is 7.47. The molecule has 0 bridgehead atoms. The number of nitrogens with zero attached hydrogens (tertiary/aromatic N) is 3. The molecular formula is C15H17N4O4P. The highest BCUT2D eigenvalue weighted by atomic mass is 31.2. The van der Waals surface area contributed by atoms with Gasteiger partial charge in [-0.2, -0.15) is 4.98 Å². The fourth-order valence-corrected chi connectivity index (χ4v) is 3.11. The molecule has 0 radical (unpaired) electrons.